The topological polar surface area (TPSA) is 87.4 Å². The van der Waals surface area contributed by atoms with Gasteiger partial charge >= 0.3 is 5.69 Å². The Labute approximate surface area is 123 Å². The molecule has 2 rings (SSSR count). The molecule has 0 saturated heterocycles. The Bertz CT molecular complexity index is 684. The lowest BCUT2D eigenvalue weighted by Gasteiger charge is -2.07. The van der Waals surface area contributed by atoms with E-state index < -0.39 is 16.4 Å². The van der Waals surface area contributed by atoms with Crippen LogP contribution in [0.25, 0.3) is 0 Å². The van der Waals surface area contributed by atoms with E-state index in [1.807, 2.05) is 0 Å². The van der Waals surface area contributed by atoms with E-state index in [1.165, 1.54) is 19.2 Å². The molecule has 0 bridgehead atoms. The average Bonchev–Trinajstić information content (AvgIpc) is 2.37. The third kappa shape index (κ3) is 3.83. The number of nitro groups is 1. The Morgan fingerprint density at radius 1 is 1.38 bits per heavy atom. The van der Waals surface area contributed by atoms with Gasteiger partial charge in [0.1, 0.15) is 17.5 Å². The first-order valence-corrected chi connectivity index (χ1v) is 6.01. The van der Waals surface area contributed by atoms with E-state index in [4.69, 9.17) is 21.1 Å². The number of ether oxygens (including phenoxy) is 2. The number of hydrogen-bond acceptors (Lipinski definition) is 6. The second-order valence-electron chi connectivity index (χ2n) is 3.85. The molecule has 0 unspecified atom stereocenters. The van der Waals surface area contributed by atoms with Crippen LogP contribution in [0.15, 0.2) is 24.3 Å². The highest BCUT2D eigenvalue weighted by Gasteiger charge is 2.15. The fraction of sp³-hybridized carbons (Fsp3) is 0.167. The molecule has 1 heterocycles. The number of aromatic nitrogens is 2. The van der Waals surface area contributed by atoms with Gasteiger partial charge in [0, 0.05) is 25.3 Å². The van der Waals surface area contributed by atoms with Gasteiger partial charge < -0.3 is 9.47 Å². The summed E-state index contributed by atoms with van der Waals surface area (Å²) in [5, 5.41) is 10.7. The second kappa shape index (κ2) is 6.42. The molecular weight excluding hydrogens is 305 g/mol. The molecule has 0 N–H and O–H groups in total. The average molecular weight is 314 g/mol. The van der Waals surface area contributed by atoms with Gasteiger partial charge in [0.15, 0.2) is 5.82 Å². The zero-order chi connectivity index (χ0) is 15.4. The maximum Gasteiger partial charge on any atom is 0.305 e. The van der Waals surface area contributed by atoms with E-state index in [2.05, 4.69) is 9.97 Å². The van der Waals surface area contributed by atoms with E-state index in [-0.39, 0.29) is 23.4 Å². The molecule has 7 nitrogen and oxygen atoms in total. The fourth-order valence-corrected chi connectivity index (χ4v) is 1.70. The summed E-state index contributed by atoms with van der Waals surface area (Å²) in [5.41, 5.74) is -0.636. The molecule has 0 aliphatic rings. The van der Waals surface area contributed by atoms with Crippen molar-refractivity contribution >= 4 is 17.3 Å². The van der Waals surface area contributed by atoms with Gasteiger partial charge in [-0.2, -0.15) is 9.37 Å². The molecule has 21 heavy (non-hydrogen) atoms. The molecule has 0 aliphatic carbocycles. The molecule has 0 atom stereocenters. The summed E-state index contributed by atoms with van der Waals surface area (Å²) in [5.74, 6) is -0.580. The summed E-state index contributed by atoms with van der Waals surface area (Å²) in [6.45, 7) is 0.130. The van der Waals surface area contributed by atoms with Crippen LogP contribution in [0.3, 0.4) is 0 Å². The van der Waals surface area contributed by atoms with Gasteiger partial charge in [-0.15, -0.1) is 0 Å². The molecule has 1 aromatic heterocycles. The first kappa shape index (κ1) is 15.1. The van der Waals surface area contributed by atoms with Gasteiger partial charge in [0.2, 0.25) is 11.7 Å². The van der Waals surface area contributed by atoms with Crippen LogP contribution in [0.4, 0.5) is 10.1 Å². The Balaban J connectivity index is 2.25. The van der Waals surface area contributed by atoms with Crippen LogP contribution >= 0.6 is 11.6 Å². The van der Waals surface area contributed by atoms with Gasteiger partial charge in [0.25, 0.3) is 0 Å². The van der Waals surface area contributed by atoms with Crippen molar-refractivity contribution < 1.29 is 18.8 Å². The van der Waals surface area contributed by atoms with Crippen LogP contribution in [0.2, 0.25) is 5.15 Å². The number of nitrogens with zero attached hydrogens (tertiary/aromatic N) is 3. The van der Waals surface area contributed by atoms with Gasteiger partial charge in [-0.25, -0.2) is 4.98 Å². The first-order chi connectivity index (χ1) is 9.99. The van der Waals surface area contributed by atoms with Crippen molar-refractivity contribution in [1.82, 2.24) is 9.97 Å². The predicted octanol–water partition coefficient (Wildman–Crippen LogP) is 3.12. The van der Waals surface area contributed by atoms with E-state index in [1.54, 1.807) is 0 Å². The number of nitro benzene ring substituents is 1. The minimum absolute atomic E-state index is 0.0521. The summed E-state index contributed by atoms with van der Waals surface area (Å²) in [4.78, 5) is 17.6. The van der Waals surface area contributed by atoms with Gasteiger partial charge in [-0.3, -0.25) is 10.1 Å². The lowest BCUT2D eigenvalue weighted by atomic mass is 10.3. The molecule has 0 spiro atoms. The quantitative estimate of drug-likeness (QED) is 0.479. The van der Waals surface area contributed by atoms with Crippen molar-refractivity contribution in [2.24, 2.45) is 0 Å². The summed E-state index contributed by atoms with van der Waals surface area (Å²) >= 11 is 5.80. The number of hydrogen-bond donors (Lipinski definition) is 0. The highest BCUT2D eigenvalue weighted by molar-refractivity contribution is 6.29. The summed E-state index contributed by atoms with van der Waals surface area (Å²) < 4.78 is 23.7. The van der Waals surface area contributed by atoms with Crippen molar-refractivity contribution in [2.45, 2.75) is 6.61 Å². The third-order valence-electron chi connectivity index (χ3n) is 2.33. The largest absolute Gasteiger partial charge is 0.439 e. The van der Waals surface area contributed by atoms with Crippen LogP contribution in [-0.2, 0) is 11.3 Å². The monoisotopic (exact) mass is 313 g/mol. The van der Waals surface area contributed by atoms with Crippen LogP contribution in [0.1, 0.15) is 5.82 Å². The van der Waals surface area contributed by atoms with Crippen molar-refractivity contribution in [3.05, 3.63) is 51.2 Å². The van der Waals surface area contributed by atoms with Crippen molar-refractivity contribution in [2.75, 3.05) is 7.11 Å². The molecule has 110 valence electrons. The SMILES string of the molecule is COCc1nc(Cl)cc(Oc2ccc([N+](=O)[O-])c(F)c2)n1. The molecule has 2 aromatic rings. The minimum Gasteiger partial charge on any atom is -0.439 e. The van der Waals surface area contributed by atoms with Crippen LogP contribution in [0.5, 0.6) is 11.6 Å². The minimum atomic E-state index is -1.00. The maximum atomic E-state index is 13.5. The zero-order valence-electron chi connectivity index (χ0n) is 10.7. The second-order valence-corrected chi connectivity index (χ2v) is 4.24. The molecule has 1 aromatic carbocycles. The van der Waals surface area contributed by atoms with Gasteiger partial charge in [0.05, 0.1) is 4.92 Å². The smallest absolute Gasteiger partial charge is 0.305 e. The molecule has 0 aliphatic heterocycles. The number of rotatable bonds is 5. The van der Waals surface area contributed by atoms with E-state index in [9.17, 15) is 14.5 Å². The highest BCUT2D eigenvalue weighted by Crippen LogP contribution is 2.26. The summed E-state index contributed by atoms with van der Waals surface area (Å²) in [7, 11) is 1.47. The summed E-state index contributed by atoms with van der Waals surface area (Å²) in [6.07, 6.45) is 0. The van der Waals surface area contributed by atoms with Gasteiger partial charge in [-0.1, -0.05) is 11.6 Å². The number of halogens is 2. The molecular formula is C12H9ClFN3O4. The maximum absolute atomic E-state index is 13.5. The Morgan fingerprint density at radius 3 is 2.76 bits per heavy atom. The predicted molar refractivity (Wildman–Crippen MR) is 70.9 cm³/mol. The standard InChI is InChI=1S/C12H9ClFN3O4/c1-20-6-11-15-10(13)5-12(16-11)21-7-2-3-9(17(18)19)8(14)4-7/h2-5H,6H2,1H3. The molecule has 0 fully saturated rings. The first-order valence-electron chi connectivity index (χ1n) is 5.64. The molecule has 0 radical (unpaired) electrons. The normalized spacial score (nSPS) is 10.4. The number of methoxy groups -OCH3 is 1. The van der Waals surface area contributed by atoms with E-state index in [0.717, 1.165) is 12.1 Å². The van der Waals surface area contributed by atoms with Crippen LogP contribution < -0.4 is 4.74 Å². The highest BCUT2D eigenvalue weighted by atomic mass is 35.5. The lowest BCUT2D eigenvalue weighted by Crippen LogP contribution is -1.99. The lowest BCUT2D eigenvalue weighted by molar-refractivity contribution is -0.387. The van der Waals surface area contributed by atoms with Crippen LogP contribution in [-0.4, -0.2) is 22.0 Å². The molecule has 9 heteroatoms. The van der Waals surface area contributed by atoms with Crippen molar-refractivity contribution in [3.63, 3.8) is 0 Å². The van der Waals surface area contributed by atoms with Crippen molar-refractivity contribution in [3.8, 4) is 11.6 Å². The third-order valence-corrected chi connectivity index (χ3v) is 2.52. The van der Waals surface area contributed by atoms with Gasteiger partial charge in [-0.05, 0) is 6.07 Å². The van der Waals surface area contributed by atoms with Crippen LogP contribution in [0, 0.1) is 15.9 Å². The Kier molecular flexibility index (Phi) is 4.61. The van der Waals surface area contributed by atoms with E-state index in [0.29, 0.717) is 5.82 Å². The zero-order valence-corrected chi connectivity index (χ0v) is 11.5. The summed E-state index contributed by atoms with van der Waals surface area (Å²) in [6, 6.07) is 4.49. The molecule has 0 saturated carbocycles. The van der Waals surface area contributed by atoms with Crippen molar-refractivity contribution in [1.29, 1.82) is 0 Å². The van der Waals surface area contributed by atoms with E-state index >= 15 is 0 Å². The Morgan fingerprint density at radius 2 is 2.14 bits per heavy atom. The fourth-order valence-electron chi connectivity index (χ4n) is 1.51. The molecule has 0 amide bonds. The number of benzene rings is 1. The Hall–Kier alpha value is -2.32.